The minimum absolute atomic E-state index is 0.0884. The third-order valence-electron chi connectivity index (χ3n) is 6.48. The van der Waals surface area contributed by atoms with Crippen LogP contribution in [0.4, 0.5) is 4.79 Å². The molecule has 2 aliphatic rings. The minimum atomic E-state index is -1.25. The van der Waals surface area contributed by atoms with E-state index in [1.165, 1.54) is 0 Å². The maximum Gasteiger partial charge on any atom is 0.407 e. The van der Waals surface area contributed by atoms with Gasteiger partial charge >= 0.3 is 12.1 Å². The van der Waals surface area contributed by atoms with Crippen molar-refractivity contribution in [1.82, 2.24) is 15.5 Å². The fourth-order valence-corrected chi connectivity index (χ4v) is 4.59. The normalized spacial score (nSPS) is 16.8. The molecule has 1 atom stereocenters. The second kappa shape index (κ2) is 9.23. The number of nitrogens with one attached hydrogen (secondary N) is 2. The van der Waals surface area contributed by atoms with E-state index < -0.39 is 29.6 Å². The number of nitrogens with zero attached hydrogens (tertiary/aromatic N) is 1. The van der Waals surface area contributed by atoms with Gasteiger partial charge in [-0.05, 0) is 55.6 Å². The van der Waals surface area contributed by atoms with Crippen molar-refractivity contribution in [1.29, 1.82) is 0 Å². The summed E-state index contributed by atoms with van der Waals surface area (Å²) in [6, 6.07) is 15.2. The summed E-state index contributed by atoms with van der Waals surface area (Å²) in [5.74, 6) is -1.67. The van der Waals surface area contributed by atoms with Crippen LogP contribution >= 0.6 is 0 Å². The molecule has 0 bridgehead atoms. The Morgan fingerprint density at radius 1 is 1.06 bits per heavy atom. The maximum absolute atomic E-state index is 12.8. The predicted molar refractivity (Wildman–Crippen MR) is 123 cm³/mol. The average Bonchev–Trinajstić information content (AvgIpc) is 3.07. The zero-order valence-electron chi connectivity index (χ0n) is 18.8. The third kappa shape index (κ3) is 4.57. The Morgan fingerprint density at radius 2 is 1.64 bits per heavy atom. The highest BCUT2D eigenvalue weighted by Crippen LogP contribution is 2.44. The van der Waals surface area contributed by atoms with Gasteiger partial charge in [0.15, 0.2) is 0 Å². The zero-order chi connectivity index (χ0) is 23.6. The van der Waals surface area contributed by atoms with Crippen LogP contribution in [0.2, 0.25) is 0 Å². The third-order valence-corrected chi connectivity index (χ3v) is 6.48. The minimum Gasteiger partial charge on any atom is -0.480 e. The maximum atomic E-state index is 12.8. The summed E-state index contributed by atoms with van der Waals surface area (Å²) in [4.78, 5) is 38.9. The first-order valence-electron chi connectivity index (χ1n) is 11.1. The number of carbonyl (C=O) groups is 3. The molecule has 0 aromatic heterocycles. The number of benzene rings is 2. The lowest BCUT2D eigenvalue weighted by Gasteiger charge is -2.39. The van der Waals surface area contributed by atoms with Crippen molar-refractivity contribution in [3.05, 3.63) is 59.7 Å². The molecule has 0 spiro atoms. The van der Waals surface area contributed by atoms with Gasteiger partial charge in [-0.15, -0.1) is 0 Å². The summed E-state index contributed by atoms with van der Waals surface area (Å²) < 4.78 is 5.55. The summed E-state index contributed by atoms with van der Waals surface area (Å²) in [5.41, 5.74) is 3.22. The van der Waals surface area contributed by atoms with Crippen LogP contribution in [-0.2, 0) is 14.3 Å². The number of fused-ring (bicyclic) bond motifs is 3. The van der Waals surface area contributed by atoms with Crippen molar-refractivity contribution in [3.63, 3.8) is 0 Å². The van der Waals surface area contributed by atoms with Crippen LogP contribution in [0.3, 0.4) is 0 Å². The molecule has 0 saturated heterocycles. The molecule has 174 valence electrons. The molecular formula is C25H29N3O5. The van der Waals surface area contributed by atoms with Gasteiger partial charge in [-0.1, -0.05) is 48.5 Å². The monoisotopic (exact) mass is 451 g/mol. The average molecular weight is 452 g/mol. The molecule has 0 aliphatic heterocycles. The number of carboxylic acid groups (broad SMARTS) is 1. The van der Waals surface area contributed by atoms with Gasteiger partial charge in [-0.25, -0.2) is 9.59 Å². The summed E-state index contributed by atoms with van der Waals surface area (Å²) in [6.07, 6.45) is 0.795. The molecule has 0 radical (unpaired) electrons. The van der Waals surface area contributed by atoms with Gasteiger partial charge in [-0.3, -0.25) is 4.79 Å². The number of carbonyl (C=O) groups excluding carboxylic acids is 2. The lowest BCUT2D eigenvalue weighted by Crippen LogP contribution is -2.63. The first-order valence-corrected chi connectivity index (χ1v) is 11.1. The molecule has 8 heteroatoms. The predicted octanol–water partition coefficient (Wildman–Crippen LogP) is 2.58. The van der Waals surface area contributed by atoms with Crippen LogP contribution in [0.15, 0.2) is 48.5 Å². The molecule has 3 N–H and O–H groups in total. The van der Waals surface area contributed by atoms with Crippen molar-refractivity contribution in [3.8, 4) is 11.1 Å². The smallest absolute Gasteiger partial charge is 0.407 e. The van der Waals surface area contributed by atoms with E-state index in [4.69, 9.17) is 4.74 Å². The number of likely N-dealkylation sites (N-methyl/N-ethyl adjacent to an activating group) is 1. The molecule has 2 aromatic rings. The summed E-state index contributed by atoms with van der Waals surface area (Å²) >= 11 is 0. The van der Waals surface area contributed by atoms with Crippen LogP contribution in [0, 0.1) is 0 Å². The largest absolute Gasteiger partial charge is 0.480 e. The number of rotatable bonds is 8. The van der Waals surface area contributed by atoms with Gasteiger partial charge in [0.2, 0.25) is 5.91 Å². The number of ether oxygens (including phenoxy) is 1. The lowest BCUT2D eigenvalue weighted by molar-refractivity contribution is -0.152. The highest BCUT2D eigenvalue weighted by molar-refractivity contribution is 5.92. The summed E-state index contributed by atoms with van der Waals surface area (Å²) in [7, 11) is 3.55. The molecule has 1 saturated carbocycles. The van der Waals surface area contributed by atoms with E-state index in [9.17, 15) is 19.5 Å². The molecule has 8 nitrogen and oxygen atoms in total. The van der Waals surface area contributed by atoms with Crippen LogP contribution < -0.4 is 10.6 Å². The quantitative estimate of drug-likeness (QED) is 0.569. The van der Waals surface area contributed by atoms with E-state index in [2.05, 4.69) is 22.8 Å². The molecule has 2 amide bonds. The van der Waals surface area contributed by atoms with Gasteiger partial charge in [0.1, 0.15) is 18.2 Å². The van der Waals surface area contributed by atoms with E-state index in [1.807, 2.05) is 36.4 Å². The highest BCUT2D eigenvalue weighted by Gasteiger charge is 2.46. The number of alkyl carbamates (subject to hydrolysis) is 1. The highest BCUT2D eigenvalue weighted by atomic mass is 16.5. The van der Waals surface area contributed by atoms with Crippen LogP contribution in [0.25, 0.3) is 11.1 Å². The molecule has 0 heterocycles. The lowest BCUT2D eigenvalue weighted by atomic mass is 9.76. The first kappa shape index (κ1) is 22.8. The number of amides is 2. The summed E-state index contributed by atoms with van der Waals surface area (Å²) in [5, 5.41) is 14.8. The molecular weight excluding hydrogens is 422 g/mol. The number of hydrogen-bond donors (Lipinski definition) is 3. The molecule has 1 fully saturated rings. The van der Waals surface area contributed by atoms with Gasteiger partial charge in [0.05, 0.1) is 0 Å². The Morgan fingerprint density at radius 3 is 2.12 bits per heavy atom. The van der Waals surface area contributed by atoms with E-state index in [1.54, 1.807) is 19.0 Å². The molecule has 2 aliphatic carbocycles. The van der Waals surface area contributed by atoms with Crippen molar-refractivity contribution < 1.29 is 24.2 Å². The molecule has 2 aromatic carbocycles. The van der Waals surface area contributed by atoms with E-state index in [-0.39, 0.29) is 19.1 Å². The van der Waals surface area contributed by atoms with Crippen molar-refractivity contribution >= 4 is 18.0 Å². The number of carboxylic acids is 1. The van der Waals surface area contributed by atoms with Crippen LogP contribution in [0.1, 0.15) is 36.3 Å². The van der Waals surface area contributed by atoms with Crippen molar-refractivity contribution in [2.45, 2.75) is 36.8 Å². The second-order valence-corrected chi connectivity index (χ2v) is 9.01. The Hall–Kier alpha value is -3.39. The Labute approximate surface area is 192 Å². The van der Waals surface area contributed by atoms with E-state index in [0.29, 0.717) is 12.8 Å². The van der Waals surface area contributed by atoms with Gasteiger partial charge in [-0.2, -0.15) is 0 Å². The zero-order valence-corrected chi connectivity index (χ0v) is 18.8. The van der Waals surface area contributed by atoms with E-state index in [0.717, 1.165) is 28.7 Å². The van der Waals surface area contributed by atoms with Gasteiger partial charge < -0.3 is 25.4 Å². The first-order chi connectivity index (χ1) is 15.8. The van der Waals surface area contributed by atoms with Crippen LogP contribution in [0.5, 0.6) is 0 Å². The molecule has 33 heavy (non-hydrogen) atoms. The topological polar surface area (TPSA) is 108 Å². The van der Waals surface area contributed by atoms with Crippen molar-refractivity contribution in [2.24, 2.45) is 0 Å². The fourth-order valence-electron chi connectivity index (χ4n) is 4.59. The summed E-state index contributed by atoms with van der Waals surface area (Å²) in [6.45, 7) is 0.348. The number of aliphatic carboxylic acids is 1. The van der Waals surface area contributed by atoms with Crippen molar-refractivity contribution in [2.75, 3.05) is 27.2 Å². The van der Waals surface area contributed by atoms with Gasteiger partial charge in [0, 0.05) is 12.5 Å². The standard InChI is InChI=1S/C25H29N3O5/c1-28(2)14-21(22(29)27-25(23(30)31)12-7-13-25)26-24(32)33-15-20-18-10-5-3-8-16(18)17-9-4-6-11-19(17)20/h3-6,8-11,20-21H,7,12-15H2,1-2H3,(H,26,32)(H,27,29)(H,30,31)/t21-/m0/s1. The molecule has 0 unspecified atom stereocenters. The number of hydrogen-bond acceptors (Lipinski definition) is 5. The van der Waals surface area contributed by atoms with E-state index >= 15 is 0 Å². The Bertz CT molecular complexity index is 1020. The second-order valence-electron chi connectivity index (χ2n) is 9.01. The van der Waals surface area contributed by atoms with Crippen LogP contribution in [-0.4, -0.2) is 66.8 Å². The fraction of sp³-hybridized carbons (Fsp3) is 0.400. The SMILES string of the molecule is CN(C)C[C@H](NC(=O)OCC1c2ccccc2-c2ccccc21)C(=O)NC1(C(=O)O)CCC1. The van der Waals surface area contributed by atoms with Gasteiger partial charge in [0.25, 0.3) is 0 Å². The molecule has 4 rings (SSSR count). The Balaban J connectivity index is 1.42. The Kier molecular flexibility index (Phi) is 6.37.